The van der Waals surface area contributed by atoms with Gasteiger partial charge in [-0.2, -0.15) is 0 Å². The molecule has 4 aliphatic carbocycles. The van der Waals surface area contributed by atoms with Crippen molar-refractivity contribution in [3.8, 4) is 0 Å². The average Bonchev–Trinajstić information content (AvgIpc) is 3.45. The fourth-order valence-electron chi connectivity index (χ4n) is 4.55. The Balaban J connectivity index is 0.00000210. The number of hydrogen-bond donors (Lipinski definition) is 3. The molecule has 0 spiro atoms. The molecule has 0 aliphatic heterocycles. The van der Waals surface area contributed by atoms with Gasteiger partial charge in [-0.1, -0.05) is 6.42 Å². The fourth-order valence-corrected chi connectivity index (χ4v) is 4.55. The Morgan fingerprint density at radius 3 is 2.26 bits per heavy atom. The molecule has 0 aromatic rings. The van der Waals surface area contributed by atoms with E-state index in [1.165, 1.54) is 38.5 Å². The van der Waals surface area contributed by atoms with Crippen LogP contribution in [0.5, 0.6) is 0 Å². The zero-order valence-electron chi connectivity index (χ0n) is 16.7. The van der Waals surface area contributed by atoms with Gasteiger partial charge in [0.2, 0.25) is 5.91 Å². The first kappa shape index (κ1) is 21.2. The topological polar surface area (TPSA) is 65.5 Å². The molecule has 0 aromatic heterocycles. The minimum atomic E-state index is 0. The van der Waals surface area contributed by atoms with Crippen LogP contribution in [-0.4, -0.2) is 37.0 Å². The molecule has 5 nitrogen and oxygen atoms in total. The maximum Gasteiger partial charge on any atom is 0.223 e. The molecule has 27 heavy (non-hydrogen) atoms. The van der Waals surface area contributed by atoms with Gasteiger partial charge in [-0.3, -0.25) is 9.79 Å². The number of carbonyl (C=O) groups is 1. The van der Waals surface area contributed by atoms with E-state index in [9.17, 15) is 4.79 Å². The van der Waals surface area contributed by atoms with Crippen LogP contribution in [0.4, 0.5) is 0 Å². The molecule has 0 heterocycles. The molecule has 3 N–H and O–H groups in total. The Labute approximate surface area is 181 Å². The summed E-state index contributed by atoms with van der Waals surface area (Å²) in [5.74, 6) is 4.12. The van der Waals surface area contributed by atoms with E-state index in [0.29, 0.717) is 12.1 Å². The van der Waals surface area contributed by atoms with E-state index in [4.69, 9.17) is 4.99 Å². The zero-order valence-corrected chi connectivity index (χ0v) is 19.0. The fraction of sp³-hybridized carbons (Fsp3) is 0.905. The summed E-state index contributed by atoms with van der Waals surface area (Å²) in [5, 5.41) is 10.3. The molecule has 0 radical (unpaired) electrons. The predicted molar refractivity (Wildman–Crippen MR) is 120 cm³/mol. The minimum absolute atomic E-state index is 0. The molecular weight excluding hydrogens is 451 g/mol. The molecule has 6 heteroatoms. The molecule has 0 aromatic carbocycles. The van der Waals surface area contributed by atoms with Crippen LogP contribution in [0.25, 0.3) is 0 Å². The molecule has 4 saturated carbocycles. The largest absolute Gasteiger partial charge is 0.357 e. The van der Waals surface area contributed by atoms with Crippen LogP contribution in [0.2, 0.25) is 0 Å². The number of nitrogens with one attached hydrogen (secondary N) is 3. The lowest BCUT2D eigenvalue weighted by Crippen LogP contribution is -2.47. The van der Waals surface area contributed by atoms with Gasteiger partial charge < -0.3 is 16.0 Å². The number of halogens is 1. The summed E-state index contributed by atoms with van der Waals surface area (Å²) in [4.78, 5) is 17.4. The van der Waals surface area contributed by atoms with Gasteiger partial charge in [-0.15, -0.1) is 24.0 Å². The van der Waals surface area contributed by atoms with Crippen molar-refractivity contribution in [3.05, 3.63) is 0 Å². The number of rotatable bonds is 8. The Bertz CT molecular complexity index is 516. The lowest BCUT2D eigenvalue weighted by molar-refractivity contribution is -0.126. The highest BCUT2D eigenvalue weighted by atomic mass is 127. The SMILES string of the molecule is CCNC(=NCC(C1CC1)C1CC1)NC1CCCC(C(=O)NC2CC2)C1.I. The first-order chi connectivity index (χ1) is 12.7. The third-order valence-electron chi connectivity index (χ3n) is 6.57. The highest BCUT2D eigenvalue weighted by molar-refractivity contribution is 14.0. The number of hydrogen-bond acceptors (Lipinski definition) is 2. The quantitative estimate of drug-likeness (QED) is 0.279. The van der Waals surface area contributed by atoms with Crippen molar-refractivity contribution in [1.29, 1.82) is 0 Å². The molecule has 2 unspecified atom stereocenters. The van der Waals surface area contributed by atoms with Gasteiger partial charge in [-0.25, -0.2) is 0 Å². The van der Waals surface area contributed by atoms with E-state index in [-0.39, 0.29) is 35.8 Å². The van der Waals surface area contributed by atoms with Crippen molar-refractivity contribution in [2.75, 3.05) is 13.1 Å². The maximum atomic E-state index is 12.4. The van der Waals surface area contributed by atoms with E-state index in [1.54, 1.807) is 0 Å². The number of amides is 1. The molecule has 2 atom stereocenters. The lowest BCUT2D eigenvalue weighted by atomic mass is 9.85. The third-order valence-corrected chi connectivity index (χ3v) is 6.57. The monoisotopic (exact) mass is 488 g/mol. The van der Waals surface area contributed by atoms with Crippen molar-refractivity contribution < 1.29 is 4.79 Å². The Morgan fingerprint density at radius 1 is 0.963 bits per heavy atom. The predicted octanol–water partition coefficient (Wildman–Crippen LogP) is 3.43. The molecule has 0 saturated heterocycles. The highest BCUT2D eigenvalue weighted by Crippen LogP contribution is 2.49. The number of guanidine groups is 1. The van der Waals surface area contributed by atoms with Crippen LogP contribution in [-0.2, 0) is 4.79 Å². The molecule has 4 fully saturated rings. The van der Waals surface area contributed by atoms with Crippen LogP contribution in [0.1, 0.15) is 71.1 Å². The first-order valence-electron chi connectivity index (χ1n) is 11.1. The lowest BCUT2D eigenvalue weighted by Gasteiger charge is -2.30. The smallest absolute Gasteiger partial charge is 0.223 e. The molecule has 154 valence electrons. The van der Waals surface area contributed by atoms with Crippen LogP contribution in [0, 0.1) is 23.7 Å². The number of nitrogens with zero attached hydrogens (tertiary/aromatic N) is 1. The van der Waals surface area contributed by atoms with Crippen LogP contribution in [0.3, 0.4) is 0 Å². The Kier molecular flexibility index (Phi) is 7.68. The van der Waals surface area contributed by atoms with Gasteiger partial charge in [0.15, 0.2) is 5.96 Å². The molecule has 1 amide bonds. The second-order valence-corrected chi connectivity index (χ2v) is 9.05. The van der Waals surface area contributed by atoms with Crippen molar-refractivity contribution in [2.45, 2.75) is 83.2 Å². The Hall–Kier alpha value is -0.530. The highest BCUT2D eigenvalue weighted by Gasteiger charge is 2.41. The van der Waals surface area contributed by atoms with Crippen molar-refractivity contribution in [2.24, 2.45) is 28.7 Å². The van der Waals surface area contributed by atoms with Crippen molar-refractivity contribution in [1.82, 2.24) is 16.0 Å². The number of aliphatic imine (C=N–C) groups is 1. The summed E-state index contributed by atoms with van der Waals surface area (Å²) < 4.78 is 0. The summed E-state index contributed by atoms with van der Waals surface area (Å²) in [6.45, 7) is 3.99. The average molecular weight is 488 g/mol. The maximum absolute atomic E-state index is 12.4. The van der Waals surface area contributed by atoms with Crippen LogP contribution < -0.4 is 16.0 Å². The van der Waals surface area contributed by atoms with E-state index in [0.717, 1.165) is 62.5 Å². The van der Waals surface area contributed by atoms with Gasteiger partial charge in [0, 0.05) is 31.1 Å². The van der Waals surface area contributed by atoms with Gasteiger partial charge in [-0.05, 0) is 82.5 Å². The third kappa shape index (κ3) is 6.50. The van der Waals surface area contributed by atoms with Gasteiger partial charge in [0.1, 0.15) is 0 Å². The minimum Gasteiger partial charge on any atom is -0.357 e. The standard InChI is InChI=1S/C21H36N4O.HI/c1-2-22-21(23-13-19(14-6-7-14)15-8-9-15)25-18-5-3-4-16(12-18)20(26)24-17-10-11-17;/h14-19H,2-13H2,1H3,(H,24,26)(H2,22,23,25);1H. The second-order valence-electron chi connectivity index (χ2n) is 9.05. The van der Waals surface area contributed by atoms with Crippen LogP contribution >= 0.6 is 24.0 Å². The molecule has 4 aliphatic rings. The van der Waals surface area contributed by atoms with E-state index in [1.807, 2.05) is 0 Å². The summed E-state index contributed by atoms with van der Waals surface area (Å²) in [6, 6.07) is 0.841. The van der Waals surface area contributed by atoms with E-state index >= 15 is 0 Å². The van der Waals surface area contributed by atoms with Gasteiger partial charge >= 0.3 is 0 Å². The van der Waals surface area contributed by atoms with Gasteiger partial charge in [0.05, 0.1) is 0 Å². The Morgan fingerprint density at radius 2 is 1.67 bits per heavy atom. The van der Waals surface area contributed by atoms with Crippen molar-refractivity contribution >= 4 is 35.8 Å². The molecule has 0 bridgehead atoms. The first-order valence-corrected chi connectivity index (χ1v) is 11.1. The summed E-state index contributed by atoms with van der Waals surface area (Å²) in [6.07, 6.45) is 12.3. The van der Waals surface area contributed by atoms with Crippen LogP contribution in [0.15, 0.2) is 4.99 Å². The summed E-state index contributed by atoms with van der Waals surface area (Å²) in [5.41, 5.74) is 0. The number of carbonyl (C=O) groups excluding carboxylic acids is 1. The zero-order chi connectivity index (χ0) is 17.9. The molecular formula is C21H37IN4O. The van der Waals surface area contributed by atoms with E-state index in [2.05, 4.69) is 22.9 Å². The summed E-state index contributed by atoms with van der Waals surface area (Å²) >= 11 is 0. The normalized spacial score (nSPS) is 28.4. The van der Waals surface area contributed by atoms with Crippen molar-refractivity contribution in [3.63, 3.8) is 0 Å². The van der Waals surface area contributed by atoms with E-state index < -0.39 is 0 Å². The molecule has 4 rings (SSSR count). The second kappa shape index (κ2) is 9.79. The summed E-state index contributed by atoms with van der Waals surface area (Å²) in [7, 11) is 0. The van der Waals surface area contributed by atoms with Gasteiger partial charge in [0.25, 0.3) is 0 Å².